The number of rotatable bonds is 6. The zero-order chi connectivity index (χ0) is 14.2. The molecule has 0 aliphatic rings. The molecule has 0 saturated carbocycles. The lowest BCUT2D eigenvalue weighted by Gasteiger charge is -2.21. The van der Waals surface area contributed by atoms with Crippen molar-refractivity contribution in [2.24, 2.45) is 10.2 Å². The van der Waals surface area contributed by atoms with Gasteiger partial charge in [-0.25, -0.2) is 0 Å². The number of aliphatic hydroxyl groups excluding tert-OH is 1. The summed E-state index contributed by atoms with van der Waals surface area (Å²) in [4.78, 5) is 6.08. The van der Waals surface area contributed by atoms with E-state index in [-0.39, 0.29) is 6.61 Å². The molecule has 0 radical (unpaired) electrons. The summed E-state index contributed by atoms with van der Waals surface area (Å²) in [5.41, 5.74) is 2.59. The molecule has 1 aromatic heterocycles. The van der Waals surface area contributed by atoms with E-state index in [9.17, 15) is 0 Å². The fourth-order valence-electron chi connectivity index (χ4n) is 1.85. The highest BCUT2D eigenvalue weighted by atomic mass is 16.3. The zero-order valence-electron chi connectivity index (χ0n) is 11.5. The van der Waals surface area contributed by atoms with Crippen LogP contribution in [0.3, 0.4) is 0 Å². The number of azo groups is 1. The normalized spacial score (nSPS) is 10.9. The average molecular weight is 270 g/mol. The van der Waals surface area contributed by atoms with Crippen LogP contribution in [0.5, 0.6) is 0 Å². The van der Waals surface area contributed by atoms with Gasteiger partial charge in [0, 0.05) is 25.0 Å². The largest absolute Gasteiger partial charge is 0.395 e. The van der Waals surface area contributed by atoms with Crippen LogP contribution in [0.15, 0.2) is 59.0 Å². The standard InChI is InChI=1S/C15H18N4O/c1-2-19(10-11-20)15-7-5-13(6-8-15)17-18-14-4-3-9-16-12-14/h3-9,12,20H,2,10-11H2,1H3. The number of likely N-dealkylation sites (N-methyl/N-ethyl adjacent to an activating group) is 1. The third-order valence-electron chi connectivity index (χ3n) is 2.89. The van der Waals surface area contributed by atoms with E-state index in [1.807, 2.05) is 36.4 Å². The number of aliphatic hydroxyl groups is 1. The molecule has 1 heterocycles. The topological polar surface area (TPSA) is 61.1 Å². The van der Waals surface area contributed by atoms with Crippen LogP contribution in [0, 0.1) is 0 Å². The highest BCUT2D eigenvalue weighted by Crippen LogP contribution is 2.21. The first-order valence-electron chi connectivity index (χ1n) is 6.61. The fraction of sp³-hybridized carbons (Fsp3) is 0.267. The smallest absolute Gasteiger partial charge is 0.104 e. The summed E-state index contributed by atoms with van der Waals surface area (Å²) in [7, 11) is 0. The molecule has 0 amide bonds. The van der Waals surface area contributed by atoms with Crippen LogP contribution in [0.2, 0.25) is 0 Å². The molecule has 104 valence electrons. The lowest BCUT2D eigenvalue weighted by molar-refractivity contribution is 0.302. The quantitative estimate of drug-likeness (QED) is 0.819. The third-order valence-corrected chi connectivity index (χ3v) is 2.89. The van der Waals surface area contributed by atoms with Crippen molar-refractivity contribution in [3.05, 3.63) is 48.8 Å². The van der Waals surface area contributed by atoms with Gasteiger partial charge >= 0.3 is 0 Å². The van der Waals surface area contributed by atoms with E-state index in [0.29, 0.717) is 6.54 Å². The SMILES string of the molecule is CCN(CCO)c1ccc(N=Nc2cccnc2)cc1. The number of aromatic nitrogens is 1. The number of hydrogen-bond acceptors (Lipinski definition) is 5. The van der Waals surface area contributed by atoms with Gasteiger partial charge in [-0.2, -0.15) is 5.11 Å². The molecule has 0 spiro atoms. The van der Waals surface area contributed by atoms with E-state index in [4.69, 9.17) is 5.11 Å². The van der Waals surface area contributed by atoms with Crippen LogP contribution in [0.4, 0.5) is 17.1 Å². The molecule has 0 fully saturated rings. The van der Waals surface area contributed by atoms with Gasteiger partial charge in [-0.15, -0.1) is 5.11 Å². The lowest BCUT2D eigenvalue weighted by Crippen LogP contribution is -2.25. The molecule has 0 saturated heterocycles. The molecular formula is C15H18N4O. The molecule has 0 unspecified atom stereocenters. The fourth-order valence-corrected chi connectivity index (χ4v) is 1.85. The minimum atomic E-state index is 0.149. The zero-order valence-corrected chi connectivity index (χ0v) is 11.5. The summed E-state index contributed by atoms with van der Waals surface area (Å²) < 4.78 is 0. The van der Waals surface area contributed by atoms with Crippen molar-refractivity contribution >= 4 is 17.1 Å². The van der Waals surface area contributed by atoms with Gasteiger partial charge in [0.1, 0.15) is 5.69 Å². The van der Waals surface area contributed by atoms with Crippen molar-refractivity contribution in [3.8, 4) is 0 Å². The second-order valence-electron chi connectivity index (χ2n) is 4.23. The van der Waals surface area contributed by atoms with Crippen molar-refractivity contribution in [2.75, 3.05) is 24.6 Å². The van der Waals surface area contributed by atoms with Crippen molar-refractivity contribution < 1.29 is 5.11 Å². The summed E-state index contributed by atoms with van der Waals surface area (Å²) >= 11 is 0. The van der Waals surface area contributed by atoms with Crippen molar-refractivity contribution in [1.82, 2.24) is 4.98 Å². The molecule has 2 rings (SSSR count). The van der Waals surface area contributed by atoms with Crippen LogP contribution in [0.1, 0.15) is 6.92 Å². The molecule has 0 bridgehead atoms. The van der Waals surface area contributed by atoms with Crippen LogP contribution >= 0.6 is 0 Å². The predicted molar refractivity (Wildman–Crippen MR) is 79.8 cm³/mol. The van der Waals surface area contributed by atoms with Gasteiger partial charge in [0.05, 0.1) is 18.5 Å². The third kappa shape index (κ3) is 3.86. The molecular weight excluding hydrogens is 252 g/mol. The Balaban J connectivity index is 2.06. The minimum Gasteiger partial charge on any atom is -0.395 e. The number of nitrogens with zero attached hydrogens (tertiary/aromatic N) is 4. The predicted octanol–water partition coefficient (Wildman–Crippen LogP) is 3.32. The maximum absolute atomic E-state index is 9.01. The first-order valence-corrected chi connectivity index (χ1v) is 6.61. The van der Waals surface area contributed by atoms with E-state index < -0.39 is 0 Å². The van der Waals surface area contributed by atoms with E-state index in [0.717, 1.165) is 23.6 Å². The summed E-state index contributed by atoms with van der Waals surface area (Å²) in [6, 6.07) is 11.5. The van der Waals surface area contributed by atoms with E-state index >= 15 is 0 Å². The second kappa shape index (κ2) is 7.35. The average Bonchev–Trinajstić information content (AvgIpc) is 2.52. The molecule has 0 aliphatic heterocycles. The Labute approximate surface area is 118 Å². The number of hydrogen-bond donors (Lipinski definition) is 1. The Kier molecular flexibility index (Phi) is 5.20. The van der Waals surface area contributed by atoms with Crippen LogP contribution < -0.4 is 4.90 Å². The van der Waals surface area contributed by atoms with Gasteiger partial charge in [0.15, 0.2) is 0 Å². The monoisotopic (exact) mass is 270 g/mol. The van der Waals surface area contributed by atoms with Crippen molar-refractivity contribution in [2.45, 2.75) is 6.92 Å². The Bertz CT molecular complexity index is 540. The molecule has 1 aromatic carbocycles. The van der Waals surface area contributed by atoms with Gasteiger partial charge in [-0.1, -0.05) is 0 Å². The molecule has 2 aromatic rings. The maximum atomic E-state index is 9.01. The summed E-state index contributed by atoms with van der Waals surface area (Å²) in [6.45, 7) is 3.70. The molecule has 1 N–H and O–H groups in total. The van der Waals surface area contributed by atoms with Gasteiger partial charge in [0.2, 0.25) is 0 Å². The lowest BCUT2D eigenvalue weighted by atomic mass is 10.2. The van der Waals surface area contributed by atoms with Gasteiger partial charge in [0.25, 0.3) is 0 Å². The van der Waals surface area contributed by atoms with Crippen LogP contribution in [-0.4, -0.2) is 29.8 Å². The van der Waals surface area contributed by atoms with Crippen LogP contribution in [-0.2, 0) is 0 Å². The highest BCUT2D eigenvalue weighted by Gasteiger charge is 2.02. The van der Waals surface area contributed by atoms with Gasteiger partial charge < -0.3 is 10.0 Å². The van der Waals surface area contributed by atoms with E-state index in [1.54, 1.807) is 12.4 Å². The van der Waals surface area contributed by atoms with Crippen LogP contribution in [0.25, 0.3) is 0 Å². The molecule has 0 aliphatic carbocycles. The maximum Gasteiger partial charge on any atom is 0.104 e. The van der Waals surface area contributed by atoms with E-state index in [2.05, 4.69) is 27.0 Å². The minimum absolute atomic E-state index is 0.149. The molecule has 0 atom stereocenters. The highest BCUT2D eigenvalue weighted by molar-refractivity contribution is 5.52. The summed E-state index contributed by atoms with van der Waals surface area (Å²) in [5, 5.41) is 17.3. The summed E-state index contributed by atoms with van der Waals surface area (Å²) in [5.74, 6) is 0. The Hall–Kier alpha value is -2.27. The van der Waals surface area contributed by atoms with E-state index in [1.165, 1.54) is 0 Å². The van der Waals surface area contributed by atoms with Gasteiger partial charge in [-0.3, -0.25) is 4.98 Å². The molecule has 5 nitrogen and oxygen atoms in total. The Morgan fingerprint density at radius 1 is 1.10 bits per heavy atom. The Morgan fingerprint density at radius 2 is 1.85 bits per heavy atom. The number of benzene rings is 1. The number of pyridine rings is 1. The molecule has 20 heavy (non-hydrogen) atoms. The number of anilines is 1. The first kappa shape index (κ1) is 14.1. The molecule has 5 heteroatoms. The van der Waals surface area contributed by atoms with Crippen molar-refractivity contribution in [3.63, 3.8) is 0 Å². The van der Waals surface area contributed by atoms with Crippen molar-refractivity contribution in [1.29, 1.82) is 0 Å². The first-order chi connectivity index (χ1) is 9.83. The second-order valence-corrected chi connectivity index (χ2v) is 4.23. The van der Waals surface area contributed by atoms with Gasteiger partial charge in [-0.05, 0) is 43.3 Å². The Morgan fingerprint density at radius 3 is 2.45 bits per heavy atom. The summed E-state index contributed by atoms with van der Waals surface area (Å²) in [6.07, 6.45) is 3.37.